The third-order valence-electron chi connectivity index (χ3n) is 2.94. The summed E-state index contributed by atoms with van der Waals surface area (Å²) in [6, 6.07) is 6.48. The Morgan fingerprint density at radius 3 is 2.32 bits per heavy atom. The minimum Gasteiger partial charge on any atom is -0.326 e. The second-order valence-corrected chi connectivity index (χ2v) is 5.75. The minimum atomic E-state index is 0.605. The highest BCUT2D eigenvalue weighted by molar-refractivity contribution is 5.56. The van der Waals surface area contributed by atoms with E-state index in [1.165, 1.54) is 11.1 Å². The van der Waals surface area contributed by atoms with Crippen molar-refractivity contribution >= 4 is 11.6 Å². The van der Waals surface area contributed by atoms with Crippen molar-refractivity contribution in [1.82, 2.24) is 9.55 Å². The number of rotatable bonds is 4. The molecule has 0 amide bonds. The van der Waals surface area contributed by atoms with Gasteiger partial charge in [-0.1, -0.05) is 19.9 Å². The van der Waals surface area contributed by atoms with Crippen LogP contribution in [0, 0.1) is 26.7 Å². The SMILES string of the molecule is Cc1cc(C)cc(Nc2nc(C)cn2CC(C)C)c1. The molecule has 3 nitrogen and oxygen atoms in total. The van der Waals surface area contributed by atoms with Crippen LogP contribution in [0.25, 0.3) is 0 Å². The van der Waals surface area contributed by atoms with Crippen LogP contribution >= 0.6 is 0 Å². The second kappa shape index (κ2) is 5.47. The Hall–Kier alpha value is -1.77. The van der Waals surface area contributed by atoms with E-state index in [2.05, 4.69) is 67.0 Å². The molecule has 0 radical (unpaired) electrons. The third-order valence-corrected chi connectivity index (χ3v) is 2.94. The molecule has 3 heteroatoms. The van der Waals surface area contributed by atoms with E-state index >= 15 is 0 Å². The Morgan fingerprint density at radius 1 is 1.11 bits per heavy atom. The molecule has 19 heavy (non-hydrogen) atoms. The van der Waals surface area contributed by atoms with Crippen LogP contribution in [0.4, 0.5) is 11.6 Å². The first-order chi connectivity index (χ1) is 8.94. The Balaban J connectivity index is 2.27. The van der Waals surface area contributed by atoms with Gasteiger partial charge in [0.2, 0.25) is 5.95 Å². The lowest BCUT2D eigenvalue weighted by atomic mass is 10.1. The number of hydrogen-bond donors (Lipinski definition) is 1. The number of hydrogen-bond acceptors (Lipinski definition) is 2. The standard InChI is InChI=1S/C16H23N3/c1-11(2)9-19-10-14(5)17-16(19)18-15-7-12(3)6-13(4)8-15/h6-8,10-11H,9H2,1-5H3,(H,17,18). The van der Waals surface area contributed by atoms with Crippen LogP contribution in [0.5, 0.6) is 0 Å². The molecule has 0 aliphatic carbocycles. The molecular formula is C16H23N3. The zero-order valence-corrected chi connectivity index (χ0v) is 12.5. The largest absolute Gasteiger partial charge is 0.326 e. The topological polar surface area (TPSA) is 29.9 Å². The first-order valence-corrected chi connectivity index (χ1v) is 6.83. The molecule has 1 aromatic heterocycles. The van der Waals surface area contributed by atoms with Crippen molar-refractivity contribution in [2.45, 2.75) is 41.2 Å². The number of anilines is 2. The fourth-order valence-electron chi connectivity index (χ4n) is 2.36. The van der Waals surface area contributed by atoms with Crippen LogP contribution in [0.3, 0.4) is 0 Å². The normalized spacial score (nSPS) is 11.1. The third kappa shape index (κ3) is 3.60. The van der Waals surface area contributed by atoms with Gasteiger partial charge in [0.25, 0.3) is 0 Å². The molecule has 0 aliphatic heterocycles. The van der Waals surface area contributed by atoms with Crippen LogP contribution in [0.15, 0.2) is 24.4 Å². The van der Waals surface area contributed by atoms with Gasteiger partial charge in [0.15, 0.2) is 0 Å². The lowest BCUT2D eigenvalue weighted by Crippen LogP contribution is -2.07. The number of aromatic nitrogens is 2. The van der Waals surface area contributed by atoms with Crippen molar-refractivity contribution in [2.75, 3.05) is 5.32 Å². The fourth-order valence-corrected chi connectivity index (χ4v) is 2.36. The molecule has 0 unspecified atom stereocenters. The summed E-state index contributed by atoms with van der Waals surface area (Å²) in [6.45, 7) is 11.7. The smallest absolute Gasteiger partial charge is 0.207 e. The van der Waals surface area contributed by atoms with Crippen LogP contribution in [-0.2, 0) is 6.54 Å². The molecule has 0 atom stereocenters. The summed E-state index contributed by atoms with van der Waals surface area (Å²) in [5.41, 5.74) is 4.68. The maximum Gasteiger partial charge on any atom is 0.207 e. The molecule has 2 aromatic rings. The minimum absolute atomic E-state index is 0.605. The van der Waals surface area contributed by atoms with Gasteiger partial charge in [-0.25, -0.2) is 4.98 Å². The predicted octanol–water partition coefficient (Wildman–Crippen LogP) is 4.21. The van der Waals surface area contributed by atoms with Crippen LogP contribution in [-0.4, -0.2) is 9.55 Å². The first kappa shape index (κ1) is 13.7. The van der Waals surface area contributed by atoms with Crippen molar-refractivity contribution in [3.05, 3.63) is 41.2 Å². The van der Waals surface area contributed by atoms with Crippen molar-refractivity contribution in [1.29, 1.82) is 0 Å². The maximum absolute atomic E-state index is 4.57. The first-order valence-electron chi connectivity index (χ1n) is 6.83. The Kier molecular flexibility index (Phi) is 3.93. The van der Waals surface area contributed by atoms with Crippen molar-refractivity contribution < 1.29 is 0 Å². The highest BCUT2D eigenvalue weighted by Gasteiger charge is 2.07. The summed E-state index contributed by atoms with van der Waals surface area (Å²) in [5.74, 6) is 1.53. The molecule has 1 aromatic carbocycles. The number of aryl methyl sites for hydroxylation is 3. The molecule has 102 valence electrons. The lowest BCUT2D eigenvalue weighted by molar-refractivity contribution is 0.527. The van der Waals surface area contributed by atoms with Gasteiger partial charge in [0.1, 0.15) is 0 Å². The summed E-state index contributed by atoms with van der Waals surface area (Å²) in [7, 11) is 0. The van der Waals surface area contributed by atoms with E-state index in [1.54, 1.807) is 0 Å². The molecule has 0 saturated heterocycles. The van der Waals surface area contributed by atoms with Gasteiger partial charge in [0.05, 0.1) is 5.69 Å². The number of nitrogens with one attached hydrogen (secondary N) is 1. The Morgan fingerprint density at radius 2 is 1.74 bits per heavy atom. The highest BCUT2D eigenvalue weighted by Crippen LogP contribution is 2.20. The fraction of sp³-hybridized carbons (Fsp3) is 0.438. The maximum atomic E-state index is 4.57. The quantitative estimate of drug-likeness (QED) is 0.889. The van der Waals surface area contributed by atoms with E-state index in [1.807, 2.05) is 6.92 Å². The molecule has 2 rings (SSSR count). The molecule has 0 aliphatic rings. The Bertz CT molecular complexity index is 547. The number of benzene rings is 1. The molecule has 1 N–H and O–H groups in total. The van der Waals surface area contributed by atoms with E-state index in [0.717, 1.165) is 23.9 Å². The molecule has 0 fully saturated rings. The van der Waals surface area contributed by atoms with Gasteiger partial charge < -0.3 is 9.88 Å². The van der Waals surface area contributed by atoms with Crippen LogP contribution < -0.4 is 5.32 Å². The molecule has 0 saturated carbocycles. The van der Waals surface area contributed by atoms with Crippen LogP contribution in [0.1, 0.15) is 30.7 Å². The summed E-state index contributed by atoms with van der Waals surface area (Å²) in [6.07, 6.45) is 2.10. The average Bonchev–Trinajstić information content (AvgIpc) is 2.56. The van der Waals surface area contributed by atoms with Gasteiger partial charge in [-0.2, -0.15) is 0 Å². The second-order valence-electron chi connectivity index (χ2n) is 5.75. The lowest BCUT2D eigenvalue weighted by Gasteiger charge is -2.12. The van der Waals surface area contributed by atoms with Gasteiger partial charge in [0, 0.05) is 18.4 Å². The van der Waals surface area contributed by atoms with Crippen molar-refractivity contribution in [2.24, 2.45) is 5.92 Å². The van der Waals surface area contributed by atoms with E-state index in [-0.39, 0.29) is 0 Å². The van der Waals surface area contributed by atoms with E-state index < -0.39 is 0 Å². The molecule has 1 heterocycles. The molecule has 0 spiro atoms. The van der Waals surface area contributed by atoms with Gasteiger partial charge in [-0.3, -0.25) is 0 Å². The zero-order chi connectivity index (χ0) is 14.0. The van der Waals surface area contributed by atoms with E-state index in [4.69, 9.17) is 0 Å². The van der Waals surface area contributed by atoms with Gasteiger partial charge in [-0.05, 0) is 49.9 Å². The number of imidazole rings is 1. The molecule has 0 bridgehead atoms. The van der Waals surface area contributed by atoms with Gasteiger partial charge >= 0.3 is 0 Å². The van der Waals surface area contributed by atoms with Crippen molar-refractivity contribution in [3.63, 3.8) is 0 Å². The highest BCUT2D eigenvalue weighted by atomic mass is 15.2. The van der Waals surface area contributed by atoms with E-state index in [9.17, 15) is 0 Å². The molecular weight excluding hydrogens is 234 g/mol. The van der Waals surface area contributed by atoms with E-state index in [0.29, 0.717) is 5.92 Å². The summed E-state index contributed by atoms with van der Waals surface area (Å²) >= 11 is 0. The summed E-state index contributed by atoms with van der Waals surface area (Å²) in [4.78, 5) is 4.57. The van der Waals surface area contributed by atoms with Gasteiger partial charge in [-0.15, -0.1) is 0 Å². The monoisotopic (exact) mass is 257 g/mol. The number of nitrogens with zero attached hydrogens (tertiary/aromatic N) is 2. The van der Waals surface area contributed by atoms with Crippen LogP contribution in [0.2, 0.25) is 0 Å². The Labute approximate surface area is 115 Å². The summed E-state index contributed by atoms with van der Waals surface area (Å²) < 4.78 is 2.19. The predicted molar refractivity (Wildman–Crippen MR) is 81.0 cm³/mol. The van der Waals surface area contributed by atoms with Crippen molar-refractivity contribution in [3.8, 4) is 0 Å². The zero-order valence-electron chi connectivity index (χ0n) is 12.5. The summed E-state index contributed by atoms with van der Waals surface area (Å²) in [5, 5.41) is 3.43. The average molecular weight is 257 g/mol.